The lowest BCUT2D eigenvalue weighted by Crippen LogP contribution is -2.33. The number of ketones is 1. The number of allylic oxidation sites excluding steroid dienone is 1. The zero-order valence-corrected chi connectivity index (χ0v) is 20.5. The van der Waals surface area contributed by atoms with Crippen LogP contribution in [0.5, 0.6) is 5.75 Å². The summed E-state index contributed by atoms with van der Waals surface area (Å²) in [7, 11) is 1.71. The smallest absolute Gasteiger partial charge is 0.162 e. The molecule has 2 aliphatic rings. The molecule has 3 aromatic rings. The lowest BCUT2D eigenvalue weighted by molar-refractivity contribution is -0.118. The summed E-state index contributed by atoms with van der Waals surface area (Å²) in [6, 6.07) is 16.9. The van der Waals surface area contributed by atoms with E-state index >= 15 is 0 Å². The molecule has 4 heteroatoms. The summed E-state index contributed by atoms with van der Waals surface area (Å²) < 4.78 is 6.79. The highest BCUT2D eigenvalue weighted by molar-refractivity contribution is 14.1. The Morgan fingerprint density at radius 3 is 2.65 bits per heavy atom. The van der Waals surface area contributed by atoms with Crippen molar-refractivity contribution >= 4 is 50.4 Å². The Bertz CT molecular complexity index is 1270. The topological polar surface area (TPSA) is 38.3 Å². The second kappa shape index (κ2) is 7.37. The standard InChI is InChI=1S/C27H26INO2/c1-15-20(28)11-17(12-23(15)31-4)26-25-19(13-27(2,3)14-22(25)30)24-18-8-6-5-7-16(18)9-10-21(24)29-26/h5-12,26,29H,13-14H2,1-4H3. The van der Waals surface area contributed by atoms with Crippen molar-refractivity contribution in [2.45, 2.75) is 39.7 Å². The van der Waals surface area contributed by atoms with Gasteiger partial charge >= 0.3 is 0 Å². The van der Waals surface area contributed by atoms with Crippen LogP contribution in [-0.4, -0.2) is 12.9 Å². The third-order valence-electron chi connectivity index (χ3n) is 6.61. The number of carbonyl (C=O) groups excluding carboxylic acids is 1. The van der Waals surface area contributed by atoms with E-state index in [0.717, 1.165) is 38.1 Å². The van der Waals surface area contributed by atoms with E-state index in [1.807, 2.05) is 0 Å². The molecule has 0 saturated carbocycles. The fourth-order valence-electron chi connectivity index (χ4n) is 5.14. The quantitative estimate of drug-likeness (QED) is 0.365. The van der Waals surface area contributed by atoms with Gasteiger partial charge in [0.25, 0.3) is 0 Å². The fourth-order valence-corrected chi connectivity index (χ4v) is 5.76. The molecule has 3 aromatic carbocycles. The Hall–Kier alpha value is -2.34. The fraction of sp³-hybridized carbons (Fsp3) is 0.296. The summed E-state index contributed by atoms with van der Waals surface area (Å²) in [6.07, 6.45) is 1.47. The molecule has 0 amide bonds. The average molecular weight is 523 g/mol. The molecule has 0 spiro atoms. The van der Waals surface area contributed by atoms with Crippen molar-refractivity contribution in [1.82, 2.24) is 0 Å². The molecule has 1 unspecified atom stereocenters. The van der Waals surface area contributed by atoms with Crippen molar-refractivity contribution in [3.05, 3.63) is 74.4 Å². The van der Waals surface area contributed by atoms with Crippen LogP contribution in [0.2, 0.25) is 0 Å². The van der Waals surface area contributed by atoms with Crippen molar-refractivity contribution < 1.29 is 9.53 Å². The molecule has 0 bridgehead atoms. The highest BCUT2D eigenvalue weighted by Gasteiger charge is 2.41. The third-order valence-corrected chi connectivity index (χ3v) is 7.73. The van der Waals surface area contributed by atoms with Gasteiger partial charge in [0.15, 0.2) is 5.78 Å². The lowest BCUT2D eigenvalue weighted by Gasteiger charge is -2.40. The number of carbonyl (C=O) groups is 1. The van der Waals surface area contributed by atoms with E-state index < -0.39 is 0 Å². The number of ether oxygens (including phenoxy) is 1. The van der Waals surface area contributed by atoms with Gasteiger partial charge in [-0.15, -0.1) is 0 Å². The summed E-state index contributed by atoms with van der Waals surface area (Å²) >= 11 is 2.36. The molecule has 158 valence electrons. The minimum absolute atomic E-state index is 0.0502. The van der Waals surface area contributed by atoms with E-state index in [0.29, 0.717) is 6.42 Å². The third kappa shape index (κ3) is 3.36. The number of hydrogen-bond acceptors (Lipinski definition) is 3. The molecule has 1 atom stereocenters. The number of hydrogen-bond donors (Lipinski definition) is 1. The summed E-state index contributed by atoms with van der Waals surface area (Å²) in [5.74, 6) is 1.11. The molecular weight excluding hydrogens is 497 g/mol. The number of fused-ring (bicyclic) bond motifs is 4. The largest absolute Gasteiger partial charge is 0.496 e. The van der Waals surface area contributed by atoms with Gasteiger partial charge in [-0.3, -0.25) is 4.79 Å². The second-order valence-corrected chi connectivity index (χ2v) is 10.6. The summed E-state index contributed by atoms with van der Waals surface area (Å²) in [5.41, 5.74) is 6.56. The van der Waals surface area contributed by atoms with Gasteiger partial charge in [-0.1, -0.05) is 44.2 Å². The molecule has 0 fully saturated rings. The van der Waals surface area contributed by atoms with Gasteiger partial charge in [-0.05, 0) is 81.5 Å². The zero-order chi connectivity index (χ0) is 21.9. The SMILES string of the molecule is COc1cc(C2Nc3ccc4ccccc4c3C3=C2C(=O)CC(C)(C)C3)cc(I)c1C. The Morgan fingerprint density at radius 2 is 1.87 bits per heavy atom. The molecule has 5 rings (SSSR count). The van der Waals surface area contributed by atoms with Crippen LogP contribution in [0.3, 0.4) is 0 Å². The molecule has 0 aromatic heterocycles. The van der Waals surface area contributed by atoms with E-state index in [9.17, 15) is 4.79 Å². The number of Topliss-reactive ketones (excluding diaryl/α,β-unsaturated/α-hetero) is 1. The number of nitrogens with one attached hydrogen (secondary N) is 1. The number of anilines is 1. The maximum atomic E-state index is 13.5. The van der Waals surface area contributed by atoms with Crippen molar-refractivity contribution in [3.63, 3.8) is 0 Å². The first-order chi connectivity index (χ1) is 14.8. The number of methoxy groups -OCH3 is 1. The monoisotopic (exact) mass is 523 g/mol. The van der Waals surface area contributed by atoms with Gasteiger partial charge in [-0.25, -0.2) is 0 Å². The second-order valence-electron chi connectivity index (χ2n) is 9.45. The minimum atomic E-state index is -0.171. The van der Waals surface area contributed by atoms with E-state index in [4.69, 9.17) is 4.74 Å². The van der Waals surface area contributed by atoms with E-state index in [-0.39, 0.29) is 17.2 Å². The van der Waals surface area contributed by atoms with Gasteiger partial charge in [0.2, 0.25) is 0 Å². The molecule has 1 aliphatic heterocycles. The van der Waals surface area contributed by atoms with Crippen molar-refractivity contribution in [2.24, 2.45) is 5.41 Å². The Morgan fingerprint density at radius 1 is 1.10 bits per heavy atom. The van der Waals surface area contributed by atoms with Crippen molar-refractivity contribution in [1.29, 1.82) is 0 Å². The molecule has 3 nitrogen and oxygen atoms in total. The van der Waals surface area contributed by atoms with E-state index in [1.54, 1.807) is 7.11 Å². The van der Waals surface area contributed by atoms with Gasteiger partial charge < -0.3 is 10.1 Å². The molecule has 1 aliphatic carbocycles. The Kier molecular flexibility index (Phi) is 4.88. The van der Waals surface area contributed by atoms with Crippen LogP contribution in [0.25, 0.3) is 16.3 Å². The highest BCUT2D eigenvalue weighted by atomic mass is 127. The molecule has 0 radical (unpaired) electrons. The van der Waals surface area contributed by atoms with E-state index in [2.05, 4.69) is 97.2 Å². The Labute approximate surface area is 197 Å². The van der Waals surface area contributed by atoms with Crippen molar-refractivity contribution in [3.8, 4) is 5.75 Å². The number of benzene rings is 3. The molecule has 1 N–H and O–H groups in total. The van der Waals surface area contributed by atoms with Crippen LogP contribution in [0.15, 0.2) is 54.1 Å². The zero-order valence-electron chi connectivity index (χ0n) is 18.3. The van der Waals surface area contributed by atoms with Crippen LogP contribution in [0.1, 0.15) is 49.4 Å². The maximum Gasteiger partial charge on any atom is 0.162 e. The molecule has 1 heterocycles. The molecular formula is C27H26INO2. The van der Waals surface area contributed by atoms with Crippen LogP contribution < -0.4 is 10.1 Å². The van der Waals surface area contributed by atoms with Crippen LogP contribution in [-0.2, 0) is 4.79 Å². The normalized spacial score (nSPS) is 19.6. The molecule has 0 saturated heterocycles. The highest BCUT2D eigenvalue weighted by Crippen LogP contribution is 2.52. The van der Waals surface area contributed by atoms with Crippen molar-refractivity contribution in [2.75, 3.05) is 12.4 Å². The van der Waals surface area contributed by atoms with Gasteiger partial charge in [0.1, 0.15) is 5.75 Å². The van der Waals surface area contributed by atoms with Crippen LogP contribution in [0, 0.1) is 15.9 Å². The van der Waals surface area contributed by atoms with Gasteiger partial charge in [-0.2, -0.15) is 0 Å². The van der Waals surface area contributed by atoms with Crippen LogP contribution >= 0.6 is 22.6 Å². The molecule has 31 heavy (non-hydrogen) atoms. The minimum Gasteiger partial charge on any atom is -0.496 e. The first-order valence-electron chi connectivity index (χ1n) is 10.7. The first kappa shape index (κ1) is 20.6. The maximum absolute atomic E-state index is 13.5. The summed E-state index contributed by atoms with van der Waals surface area (Å²) in [5, 5.41) is 6.14. The predicted octanol–water partition coefficient (Wildman–Crippen LogP) is 7.07. The van der Waals surface area contributed by atoms with Gasteiger partial charge in [0.05, 0.1) is 13.2 Å². The predicted molar refractivity (Wildman–Crippen MR) is 136 cm³/mol. The van der Waals surface area contributed by atoms with Gasteiger partial charge in [0, 0.05) is 32.4 Å². The summed E-state index contributed by atoms with van der Waals surface area (Å²) in [6.45, 7) is 6.47. The first-order valence-corrected chi connectivity index (χ1v) is 11.8. The average Bonchev–Trinajstić information content (AvgIpc) is 2.73. The number of rotatable bonds is 2. The Balaban J connectivity index is 1.79. The lowest BCUT2D eigenvalue weighted by atomic mass is 9.68. The number of halogens is 1. The van der Waals surface area contributed by atoms with E-state index in [1.165, 1.54) is 21.9 Å². The summed E-state index contributed by atoms with van der Waals surface area (Å²) in [4.78, 5) is 13.5. The van der Waals surface area contributed by atoms with Crippen LogP contribution in [0.4, 0.5) is 5.69 Å².